The van der Waals surface area contributed by atoms with Crippen molar-refractivity contribution in [3.63, 3.8) is 0 Å². The lowest BCUT2D eigenvalue weighted by molar-refractivity contribution is 0.0951. The van der Waals surface area contributed by atoms with E-state index in [2.05, 4.69) is 10.3 Å². The number of H-pyrrole nitrogens is 1. The topological polar surface area (TPSA) is 85.3 Å². The van der Waals surface area contributed by atoms with Crippen molar-refractivity contribution < 1.29 is 14.3 Å². The second-order valence-electron chi connectivity index (χ2n) is 7.46. The van der Waals surface area contributed by atoms with Gasteiger partial charge in [-0.15, -0.1) is 0 Å². The molecule has 0 saturated heterocycles. The molecule has 0 spiro atoms. The molecule has 168 valence electrons. The predicted molar refractivity (Wildman–Crippen MR) is 130 cm³/mol. The maximum atomic E-state index is 13.1. The van der Waals surface area contributed by atoms with Crippen molar-refractivity contribution in [3.05, 3.63) is 98.5 Å². The van der Waals surface area contributed by atoms with Gasteiger partial charge >= 0.3 is 0 Å². The zero-order valence-electron chi connectivity index (χ0n) is 18.3. The van der Waals surface area contributed by atoms with Crippen molar-refractivity contribution in [2.45, 2.75) is 13.1 Å². The normalized spacial score (nSPS) is 10.7. The first-order valence-electron chi connectivity index (χ1n) is 10.3. The van der Waals surface area contributed by atoms with Crippen molar-refractivity contribution >= 4 is 29.0 Å². The van der Waals surface area contributed by atoms with E-state index in [0.717, 1.165) is 22.6 Å². The van der Waals surface area contributed by atoms with E-state index in [1.165, 1.54) is 4.57 Å². The highest BCUT2D eigenvalue weighted by atomic mass is 32.1. The monoisotopic (exact) mass is 461 g/mol. The molecule has 0 saturated carbocycles. The van der Waals surface area contributed by atoms with E-state index in [1.807, 2.05) is 48.5 Å². The van der Waals surface area contributed by atoms with Crippen molar-refractivity contribution in [1.82, 2.24) is 14.9 Å². The van der Waals surface area contributed by atoms with Crippen LogP contribution in [0, 0.1) is 4.77 Å². The Morgan fingerprint density at radius 1 is 0.939 bits per heavy atom. The Balaban J connectivity index is 1.54. The Morgan fingerprint density at radius 2 is 1.55 bits per heavy atom. The van der Waals surface area contributed by atoms with Crippen LogP contribution >= 0.6 is 12.2 Å². The summed E-state index contributed by atoms with van der Waals surface area (Å²) in [4.78, 5) is 28.8. The van der Waals surface area contributed by atoms with E-state index >= 15 is 0 Å². The number of ether oxygens (including phenoxy) is 2. The van der Waals surface area contributed by atoms with Crippen LogP contribution in [0.4, 0.5) is 0 Å². The molecule has 0 fully saturated rings. The van der Waals surface area contributed by atoms with E-state index in [4.69, 9.17) is 21.7 Å². The molecule has 1 amide bonds. The first kappa shape index (κ1) is 22.3. The highest BCUT2D eigenvalue weighted by Gasteiger charge is 2.11. The van der Waals surface area contributed by atoms with E-state index in [9.17, 15) is 9.59 Å². The minimum absolute atomic E-state index is 0.213. The van der Waals surface area contributed by atoms with Crippen LogP contribution in [0.25, 0.3) is 10.9 Å². The average Bonchev–Trinajstić information content (AvgIpc) is 2.85. The fourth-order valence-electron chi connectivity index (χ4n) is 3.48. The highest BCUT2D eigenvalue weighted by molar-refractivity contribution is 7.71. The van der Waals surface area contributed by atoms with Crippen LogP contribution in [0.1, 0.15) is 21.5 Å². The molecule has 0 aliphatic carbocycles. The van der Waals surface area contributed by atoms with E-state index in [-0.39, 0.29) is 11.5 Å². The van der Waals surface area contributed by atoms with Crippen LogP contribution in [-0.4, -0.2) is 29.7 Å². The van der Waals surface area contributed by atoms with Gasteiger partial charge in [-0.1, -0.05) is 24.3 Å². The molecular formula is C25H23N3O4S. The van der Waals surface area contributed by atoms with Crippen LogP contribution in [0.3, 0.4) is 0 Å². The number of aromatic amines is 1. The lowest BCUT2D eigenvalue weighted by atomic mass is 10.1. The van der Waals surface area contributed by atoms with Gasteiger partial charge in [0, 0.05) is 12.1 Å². The summed E-state index contributed by atoms with van der Waals surface area (Å²) in [6.07, 6.45) is 0. The molecule has 0 aliphatic rings. The molecule has 1 heterocycles. The maximum Gasteiger partial charge on any atom is 0.262 e. The van der Waals surface area contributed by atoms with Crippen LogP contribution in [0.5, 0.6) is 11.5 Å². The van der Waals surface area contributed by atoms with Gasteiger partial charge in [-0.05, 0) is 65.8 Å². The van der Waals surface area contributed by atoms with E-state index in [0.29, 0.717) is 34.3 Å². The van der Waals surface area contributed by atoms with Crippen molar-refractivity contribution in [2.75, 3.05) is 14.2 Å². The Hall–Kier alpha value is -3.91. The number of carbonyl (C=O) groups is 1. The number of nitrogens with one attached hydrogen (secondary N) is 2. The molecule has 1 aromatic heterocycles. The number of benzene rings is 3. The van der Waals surface area contributed by atoms with Crippen LogP contribution in [-0.2, 0) is 13.1 Å². The van der Waals surface area contributed by atoms with Crippen molar-refractivity contribution in [2.24, 2.45) is 0 Å². The van der Waals surface area contributed by atoms with E-state index < -0.39 is 0 Å². The van der Waals surface area contributed by atoms with Gasteiger partial charge < -0.3 is 19.8 Å². The number of hydrogen-bond donors (Lipinski definition) is 2. The minimum atomic E-state index is -0.241. The Kier molecular flexibility index (Phi) is 6.55. The standard InChI is InChI=1S/C25H23N3O4S/c1-31-19-8-3-16(4-9-19)14-26-23(29)18-7-12-21-22(13-18)27-25(33)28(24(21)30)15-17-5-10-20(32-2)11-6-17/h3-13H,14-15H2,1-2H3,(H,26,29)(H,27,33). The molecule has 7 nitrogen and oxygen atoms in total. The number of methoxy groups -OCH3 is 2. The van der Waals surface area contributed by atoms with Gasteiger partial charge in [0.1, 0.15) is 11.5 Å². The predicted octanol–water partition coefficient (Wildman–Crippen LogP) is 4.05. The van der Waals surface area contributed by atoms with Crippen LogP contribution in [0.2, 0.25) is 0 Å². The van der Waals surface area contributed by atoms with Gasteiger partial charge in [-0.25, -0.2) is 0 Å². The zero-order chi connectivity index (χ0) is 23.4. The molecule has 2 N–H and O–H groups in total. The quantitative estimate of drug-likeness (QED) is 0.406. The fourth-order valence-corrected chi connectivity index (χ4v) is 3.74. The zero-order valence-corrected chi connectivity index (χ0v) is 19.1. The second kappa shape index (κ2) is 9.70. The Morgan fingerprint density at radius 3 is 2.15 bits per heavy atom. The third-order valence-corrected chi connectivity index (χ3v) is 5.68. The van der Waals surface area contributed by atoms with Gasteiger partial charge in [0.2, 0.25) is 0 Å². The molecule has 0 bridgehead atoms. The van der Waals surface area contributed by atoms with Crippen LogP contribution in [0.15, 0.2) is 71.5 Å². The summed E-state index contributed by atoms with van der Waals surface area (Å²) >= 11 is 5.43. The van der Waals surface area contributed by atoms with Gasteiger partial charge in [-0.2, -0.15) is 0 Å². The fraction of sp³-hybridized carbons (Fsp3) is 0.160. The smallest absolute Gasteiger partial charge is 0.262 e. The SMILES string of the molecule is COc1ccc(CNC(=O)c2ccc3c(=O)n(Cc4ccc(OC)cc4)c(=S)[nH]c3c2)cc1. The maximum absolute atomic E-state index is 13.1. The molecule has 4 aromatic rings. The van der Waals surface area contributed by atoms with Gasteiger partial charge in [-0.3, -0.25) is 14.2 Å². The average molecular weight is 462 g/mol. The molecule has 0 radical (unpaired) electrons. The largest absolute Gasteiger partial charge is 0.497 e. The van der Waals surface area contributed by atoms with Gasteiger partial charge in [0.25, 0.3) is 11.5 Å². The number of nitrogens with zero attached hydrogens (tertiary/aromatic N) is 1. The molecule has 0 unspecified atom stereocenters. The van der Waals surface area contributed by atoms with Gasteiger partial charge in [0.05, 0.1) is 31.7 Å². The van der Waals surface area contributed by atoms with Crippen LogP contribution < -0.4 is 20.3 Å². The molecule has 0 atom stereocenters. The third-order valence-electron chi connectivity index (χ3n) is 5.36. The number of fused-ring (bicyclic) bond motifs is 1. The summed E-state index contributed by atoms with van der Waals surface area (Å²) in [6, 6.07) is 19.9. The number of rotatable bonds is 7. The second-order valence-corrected chi connectivity index (χ2v) is 7.85. The molecule has 3 aromatic carbocycles. The highest BCUT2D eigenvalue weighted by Crippen LogP contribution is 2.15. The molecule has 8 heteroatoms. The lowest BCUT2D eigenvalue weighted by Gasteiger charge is -2.10. The summed E-state index contributed by atoms with van der Waals surface area (Å²) in [7, 11) is 3.21. The van der Waals surface area contributed by atoms with Gasteiger partial charge in [0.15, 0.2) is 4.77 Å². The number of aromatic nitrogens is 2. The summed E-state index contributed by atoms with van der Waals surface area (Å²) < 4.78 is 12.1. The summed E-state index contributed by atoms with van der Waals surface area (Å²) in [6.45, 7) is 0.707. The summed E-state index contributed by atoms with van der Waals surface area (Å²) in [5.74, 6) is 1.26. The molecule has 0 aliphatic heterocycles. The number of carbonyl (C=O) groups excluding carboxylic acids is 1. The first-order valence-corrected chi connectivity index (χ1v) is 10.7. The van der Waals surface area contributed by atoms with E-state index in [1.54, 1.807) is 32.4 Å². The summed E-state index contributed by atoms with van der Waals surface area (Å²) in [5.41, 5.74) is 2.62. The summed E-state index contributed by atoms with van der Waals surface area (Å²) in [5, 5.41) is 3.35. The van der Waals surface area contributed by atoms with Crippen molar-refractivity contribution in [3.8, 4) is 11.5 Å². The number of hydrogen-bond acceptors (Lipinski definition) is 5. The molecular weight excluding hydrogens is 438 g/mol. The Bertz CT molecular complexity index is 1410. The third kappa shape index (κ3) is 4.96. The molecule has 4 rings (SSSR count). The Labute approximate surface area is 195 Å². The van der Waals surface area contributed by atoms with Crippen molar-refractivity contribution in [1.29, 1.82) is 0 Å². The minimum Gasteiger partial charge on any atom is -0.497 e. The molecule has 33 heavy (non-hydrogen) atoms. The lowest BCUT2D eigenvalue weighted by Crippen LogP contribution is -2.24. The first-order chi connectivity index (χ1) is 16.0. The number of amides is 1.